The third-order valence-electron chi connectivity index (χ3n) is 5.94. The fourth-order valence-corrected chi connectivity index (χ4v) is 5.41. The Morgan fingerprint density at radius 2 is 2.04 bits per heavy atom. The predicted octanol–water partition coefficient (Wildman–Crippen LogP) is 1.84. The summed E-state index contributed by atoms with van der Waals surface area (Å²) in [4.78, 5) is 33.8. The number of piperidine rings is 1. The molecule has 3 fully saturated rings. The quantitative estimate of drug-likeness (QED) is 0.847. The maximum Gasteiger partial charge on any atom is 0.289 e. The summed E-state index contributed by atoms with van der Waals surface area (Å²) < 4.78 is 5.78. The molecular weight excluding hydrogens is 376 g/mol. The van der Waals surface area contributed by atoms with Gasteiger partial charge in [-0.15, -0.1) is 0 Å². The summed E-state index contributed by atoms with van der Waals surface area (Å²) in [5.41, 5.74) is 0.866. The van der Waals surface area contributed by atoms with Crippen LogP contribution >= 0.6 is 11.8 Å². The first-order valence-electron chi connectivity index (χ1n) is 9.95. The molecule has 3 saturated heterocycles. The van der Waals surface area contributed by atoms with Crippen molar-refractivity contribution < 1.29 is 14.0 Å². The van der Waals surface area contributed by atoms with Gasteiger partial charge in [0.25, 0.3) is 11.8 Å². The summed E-state index contributed by atoms with van der Waals surface area (Å²) in [7, 11) is 0. The van der Waals surface area contributed by atoms with Crippen molar-refractivity contribution in [3.63, 3.8) is 0 Å². The third kappa shape index (κ3) is 3.51. The number of carbonyl (C=O) groups excluding carboxylic acids is 2. The molecule has 0 radical (unpaired) electrons. The van der Waals surface area contributed by atoms with Crippen LogP contribution in [-0.4, -0.2) is 76.9 Å². The minimum absolute atomic E-state index is 0.0887. The van der Waals surface area contributed by atoms with Crippen LogP contribution in [0, 0.1) is 5.92 Å². The molecule has 3 aliphatic rings. The van der Waals surface area contributed by atoms with Gasteiger partial charge in [0.1, 0.15) is 11.3 Å². The Morgan fingerprint density at radius 1 is 1.18 bits per heavy atom. The van der Waals surface area contributed by atoms with Crippen LogP contribution in [-0.2, 0) is 0 Å². The fraction of sp³-hybridized carbons (Fsp3) is 0.550. The largest absolute Gasteiger partial charge is 0.451 e. The Hall–Kier alpha value is -2.06. The number of thioether (sulfide) groups is 1. The van der Waals surface area contributed by atoms with Crippen LogP contribution in [0.3, 0.4) is 0 Å². The van der Waals surface area contributed by atoms with Crippen molar-refractivity contribution in [2.75, 3.05) is 44.2 Å². The number of nitrogens with one attached hydrogen (secondary N) is 1. The second kappa shape index (κ2) is 7.40. The molecule has 5 heterocycles. The molecule has 8 heteroatoms. The molecule has 7 nitrogen and oxygen atoms in total. The van der Waals surface area contributed by atoms with Crippen LogP contribution in [0.1, 0.15) is 33.9 Å². The van der Waals surface area contributed by atoms with Gasteiger partial charge in [0.15, 0.2) is 5.76 Å². The summed E-state index contributed by atoms with van der Waals surface area (Å²) in [5.74, 6) is 2.66. The van der Waals surface area contributed by atoms with Gasteiger partial charge >= 0.3 is 0 Å². The number of aromatic nitrogens is 1. The smallest absolute Gasteiger partial charge is 0.289 e. The van der Waals surface area contributed by atoms with Gasteiger partial charge in [-0.1, -0.05) is 0 Å². The zero-order chi connectivity index (χ0) is 19.1. The number of nitrogens with zero attached hydrogens (tertiary/aromatic N) is 3. The number of fused-ring (bicyclic) bond motifs is 3. The van der Waals surface area contributed by atoms with Crippen LogP contribution in [0.5, 0.6) is 0 Å². The van der Waals surface area contributed by atoms with Gasteiger partial charge in [-0.3, -0.25) is 14.6 Å². The van der Waals surface area contributed by atoms with Gasteiger partial charge in [-0.05, 0) is 31.4 Å². The number of pyridine rings is 1. The average molecular weight is 401 g/mol. The Labute approximate surface area is 167 Å². The average Bonchev–Trinajstić information content (AvgIpc) is 3.30. The molecular formula is C20H24N4O3S. The molecule has 2 aromatic heterocycles. The highest BCUT2D eigenvalue weighted by atomic mass is 32.2. The predicted molar refractivity (Wildman–Crippen MR) is 108 cm³/mol. The van der Waals surface area contributed by atoms with E-state index in [-0.39, 0.29) is 17.9 Å². The molecule has 5 rings (SSSR count). The van der Waals surface area contributed by atoms with Crippen molar-refractivity contribution >= 4 is 34.5 Å². The van der Waals surface area contributed by atoms with E-state index in [1.54, 1.807) is 18.3 Å². The maximum atomic E-state index is 12.7. The molecule has 0 saturated carbocycles. The van der Waals surface area contributed by atoms with E-state index in [2.05, 4.69) is 15.2 Å². The summed E-state index contributed by atoms with van der Waals surface area (Å²) >= 11 is 1.86. The van der Waals surface area contributed by atoms with Crippen molar-refractivity contribution in [2.24, 2.45) is 5.92 Å². The molecule has 1 N–H and O–H groups in total. The summed E-state index contributed by atoms with van der Waals surface area (Å²) in [6.45, 7) is 4.70. The Bertz CT molecular complexity index is 896. The highest BCUT2D eigenvalue weighted by Gasteiger charge is 2.33. The lowest BCUT2D eigenvalue weighted by Gasteiger charge is -2.30. The molecule has 28 heavy (non-hydrogen) atoms. The lowest BCUT2D eigenvalue weighted by molar-refractivity contribution is 0.0742. The molecule has 0 aromatic carbocycles. The van der Waals surface area contributed by atoms with Gasteiger partial charge in [-0.2, -0.15) is 11.8 Å². The number of rotatable bonds is 3. The third-order valence-corrected chi connectivity index (χ3v) is 6.89. The molecule has 3 aliphatic heterocycles. The highest BCUT2D eigenvalue weighted by molar-refractivity contribution is 7.99. The first kappa shape index (κ1) is 18.0. The van der Waals surface area contributed by atoms with Gasteiger partial charge < -0.3 is 19.5 Å². The second-order valence-corrected chi connectivity index (χ2v) is 9.17. The Balaban J connectivity index is 1.30. The van der Waals surface area contributed by atoms with Gasteiger partial charge in [0.05, 0.1) is 0 Å². The van der Waals surface area contributed by atoms with Crippen LogP contribution < -0.4 is 5.32 Å². The molecule has 0 aliphatic carbocycles. The van der Waals surface area contributed by atoms with Crippen molar-refractivity contribution in [2.45, 2.75) is 18.9 Å². The SMILES string of the molecule is O=C(NC1CC2CCN(C2)C1)c1cc2oc(C(=O)N3CCSCC3)cc2cn1. The van der Waals surface area contributed by atoms with E-state index in [4.69, 9.17) is 4.42 Å². The van der Waals surface area contributed by atoms with Crippen LogP contribution in [0.4, 0.5) is 0 Å². The molecule has 2 amide bonds. The number of carbonyl (C=O) groups is 2. The topological polar surface area (TPSA) is 78.7 Å². The highest BCUT2D eigenvalue weighted by Crippen LogP contribution is 2.27. The van der Waals surface area contributed by atoms with E-state index in [0.717, 1.165) is 56.0 Å². The van der Waals surface area contributed by atoms with Crippen molar-refractivity contribution in [1.29, 1.82) is 0 Å². The van der Waals surface area contributed by atoms with Crippen molar-refractivity contribution in [1.82, 2.24) is 20.1 Å². The number of furan rings is 1. The van der Waals surface area contributed by atoms with Gasteiger partial charge in [0.2, 0.25) is 0 Å². The fourth-order valence-electron chi connectivity index (χ4n) is 4.51. The van der Waals surface area contributed by atoms with Crippen LogP contribution in [0.2, 0.25) is 0 Å². The second-order valence-electron chi connectivity index (χ2n) is 7.94. The lowest BCUT2D eigenvalue weighted by Crippen LogP contribution is -2.47. The lowest BCUT2D eigenvalue weighted by atomic mass is 9.97. The first-order valence-corrected chi connectivity index (χ1v) is 11.1. The van der Waals surface area contributed by atoms with Gasteiger partial charge in [-0.25, -0.2) is 0 Å². The molecule has 2 aromatic rings. The normalized spacial score (nSPS) is 27.1. The monoisotopic (exact) mass is 400 g/mol. The summed E-state index contributed by atoms with van der Waals surface area (Å²) in [6.07, 6.45) is 3.89. The summed E-state index contributed by atoms with van der Waals surface area (Å²) in [5, 5.41) is 3.86. The Kier molecular flexibility index (Phi) is 4.76. The zero-order valence-corrected chi connectivity index (χ0v) is 16.5. The van der Waals surface area contributed by atoms with E-state index < -0.39 is 0 Å². The van der Waals surface area contributed by atoms with E-state index >= 15 is 0 Å². The van der Waals surface area contributed by atoms with E-state index in [9.17, 15) is 9.59 Å². The van der Waals surface area contributed by atoms with E-state index in [0.29, 0.717) is 23.0 Å². The molecule has 2 bridgehead atoms. The number of hydrogen-bond acceptors (Lipinski definition) is 6. The number of hydrogen-bond donors (Lipinski definition) is 1. The zero-order valence-electron chi connectivity index (χ0n) is 15.7. The number of amides is 2. The minimum atomic E-state index is -0.174. The molecule has 0 spiro atoms. The van der Waals surface area contributed by atoms with Crippen molar-refractivity contribution in [3.05, 3.63) is 29.8 Å². The molecule has 3 atom stereocenters. The van der Waals surface area contributed by atoms with Crippen LogP contribution in [0.15, 0.2) is 22.7 Å². The molecule has 148 valence electrons. The summed E-state index contributed by atoms with van der Waals surface area (Å²) in [6, 6.07) is 3.54. The maximum absolute atomic E-state index is 12.7. The van der Waals surface area contributed by atoms with Gasteiger partial charge in [0, 0.05) is 61.4 Å². The first-order chi connectivity index (χ1) is 13.7. The minimum Gasteiger partial charge on any atom is -0.451 e. The van der Waals surface area contributed by atoms with E-state index in [1.165, 1.54) is 6.42 Å². The standard InChI is InChI=1S/C20H24N4O3S/c25-19(22-15-7-13-1-2-23(11-13)12-15)16-9-17-14(10-21-16)8-18(27-17)20(26)24-3-5-28-6-4-24/h8-10,13,15H,1-7,11-12H2,(H,22,25). The van der Waals surface area contributed by atoms with Crippen LogP contribution in [0.25, 0.3) is 11.0 Å². The van der Waals surface area contributed by atoms with Crippen molar-refractivity contribution in [3.8, 4) is 0 Å². The van der Waals surface area contributed by atoms with E-state index in [1.807, 2.05) is 16.7 Å². The molecule has 3 unspecified atom stereocenters. The Morgan fingerprint density at radius 3 is 2.86 bits per heavy atom.